The van der Waals surface area contributed by atoms with Gasteiger partial charge in [0.1, 0.15) is 5.15 Å². The molecule has 8 nitrogen and oxygen atoms in total. The smallest absolute Gasteiger partial charge is 0.258 e. The van der Waals surface area contributed by atoms with Gasteiger partial charge in [0.25, 0.3) is 15.7 Å². The molecule has 2 aromatic carbocycles. The van der Waals surface area contributed by atoms with E-state index in [-0.39, 0.29) is 33.5 Å². The minimum Gasteiger partial charge on any atom is -0.258 e. The maximum atomic E-state index is 12.9. The Bertz CT molecular complexity index is 1280. The molecule has 0 saturated heterocycles. The van der Waals surface area contributed by atoms with E-state index < -0.39 is 14.9 Å². The average Bonchev–Trinajstić information content (AvgIpc) is 2.72. The number of anilines is 1. The van der Waals surface area contributed by atoms with Gasteiger partial charge in [0.2, 0.25) is 5.95 Å². The summed E-state index contributed by atoms with van der Waals surface area (Å²) < 4.78 is 28.1. The lowest BCUT2D eigenvalue weighted by atomic mass is 9.91. The molecule has 10 heteroatoms. The predicted molar refractivity (Wildman–Crippen MR) is 125 cm³/mol. The first-order chi connectivity index (χ1) is 15.0. The van der Waals surface area contributed by atoms with Crippen molar-refractivity contribution in [2.75, 3.05) is 4.72 Å². The van der Waals surface area contributed by atoms with Gasteiger partial charge in [-0.15, -0.1) is 0 Å². The number of hydrogen-bond donors (Lipinski definition) is 1. The summed E-state index contributed by atoms with van der Waals surface area (Å²) in [5, 5.41) is 11.2. The lowest BCUT2D eigenvalue weighted by molar-refractivity contribution is -0.385. The van der Waals surface area contributed by atoms with E-state index in [2.05, 4.69) is 28.5 Å². The van der Waals surface area contributed by atoms with Crippen LogP contribution < -0.4 is 4.72 Å². The summed E-state index contributed by atoms with van der Waals surface area (Å²) in [5.41, 5.74) is 2.79. The number of non-ortho nitro benzene ring substituents is 1. The molecule has 1 heterocycles. The third-order valence-electron chi connectivity index (χ3n) is 4.88. The lowest BCUT2D eigenvalue weighted by Gasteiger charge is -2.19. The van der Waals surface area contributed by atoms with Crippen LogP contribution in [0.3, 0.4) is 0 Å². The average molecular weight is 475 g/mol. The predicted octanol–water partition coefficient (Wildman–Crippen LogP) is 5.75. The molecule has 1 aromatic heterocycles. The Balaban J connectivity index is 2.14. The summed E-state index contributed by atoms with van der Waals surface area (Å²) in [5.74, 6) is -0.0235. The second-order valence-corrected chi connectivity index (χ2v) is 9.90. The van der Waals surface area contributed by atoms with E-state index in [1.54, 1.807) is 0 Å². The maximum absolute atomic E-state index is 12.9. The Hall–Kier alpha value is -3.04. The summed E-state index contributed by atoms with van der Waals surface area (Å²) in [4.78, 5) is 18.8. The summed E-state index contributed by atoms with van der Waals surface area (Å²) in [6, 6.07) is 12.5. The molecule has 0 fully saturated rings. The highest BCUT2D eigenvalue weighted by Gasteiger charge is 2.24. The second kappa shape index (κ2) is 9.22. The number of benzene rings is 2. The standard InChI is InChI=1S/C22H23ClN4O4S/c1-13(2)17-10-5-6-11-18(17)20-19(14(3)4)21(23)25-22(24-20)26-32(30,31)16-9-7-8-15(12-16)27(28)29/h5-14H,1-4H3,(H,24,25,26). The zero-order valence-corrected chi connectivity index (χ0v) is 19.6. The number of aromatic nitrogens is 2. The number of nitrogens with zero attached hydrogens (tertiary/aromatic N) is 3. The van der Waals surface area contributed by atoms with Crippen LogP contribution >= 0.6 is 11.6 Å². The van der Waals surface area contributed by atoms with Crippen LogP contribution in [0.1, 0.15) is 50.7 Å². The highest BCUT2D eigenvalue weighted by atomic mass is 35.5. The minimum absolute atomic E-state index is 0.0138. The SMILES string of the molecule is CC(C)c1ccccc1-c1nc(NS(=O)(=O)c2cccc([N+](=O)[O-])c2)nc(Cl)c1C(C)C. The molecular weight excluding hydrogens is 452 g/mol. The van der Waals surface area contributed by atoms with Gasteiger partial charge >= 0.3 is 0 Å². The molecule has 0 aliphatic heterocycles. The summed E-state index contributed by atoms with van der Waals surface area (Å²) >= 11 is 6.48. The summed E-state index contributed by atoms with van der Waals surface area (Å²) in [7, 11) is -4.18. The van der Waals surface area contributed by atoms with Crippen molar-refractivity contribution < 1.29 is 13.3 Å². The first kappa shape index (κ1) is 23.6. The van der Waals surface area contributed by atoms with Crippen molar-refractivity contribution in [1.82, 2.24) is 9.97 Å². The molecular formula is C22H23ClN4O4S. The van der Waals surface area contributed by atoms with E-state index in [0.717, 1.165) is 17.2 Å². The topological polar surface area (TPSA) is 115 Å². The molecule has 32 heavy (non-hydrogen) atoms. The van der Waals surface area contributed by atoms with Gasteiger partial charge in [-0.25, -0.2) is 18.1 Å². The van der Waals surface area contributed by atoms with Crippen LogP contribution in [0.15, 0.2) is 53.4 Å². The fourth-order valence-electron chi connectivity index (χ4n) is 3.36. The second-order valence-electron chi connectivity index (χ2n) is 7.86. The molecule has 0 saturated carbocycles. The zero-order chi connectivity index (χ0) is 23.6. The van der Waals surface area contributed by atoms with Crippen LogP contribution in [0.2, 0.25) is 5.15 Å². The fraction of sp³-hybridized carbons (Fsp3) is 0.273. The molecule has 0 radical (unpaired) electrons. The van der Waals surface area contributed by atoms with Gasteiger partial charge in [-0.05, 0) is 23.5 Å². The van der Waals surface area contributed by atoms with Gasteiger partial charge in [0, 0.05) is 23.3 Å². The quantitative estimate of drug-likeness (QED) is 0.264. The highest BCUT2D eigenvalue weighted by molar-refractivity contribution is 7.92. The molecule has 3 aromatic rings. The molecule has 0 aliphatic carbocycles. The van der Waals surface area contributed by atoms with Crippen LogP contribution in [0.5, 0.6) is 0 Å². The lowest BCUT2D eigenvalue weighted by Crippen LogP contribution is -2.16. The van der Waals surface area contributed by atoms with E-state index in [1.807, 2.05) is 38.1 Å². The van der Waals surface area contributed by atoms with Gasteiger partial charge in [-0.3, -0.25) is 10.1 Å². The zero-order valence-electron chi connectivity index (χ0n) is 18.0. The van der Waals surface area contributed by atoms with Crippen molar-refractivity contribution in [2.45, 2.75) is 44.4 Å². The monoisotopic (exact) mass is 474 g/mol. The van der Waals surface area contributed by atoms with Crippen molar-refractivity contribution in [1.29, 1.82) is 0 Å². The molecule has 0 unspecified atom stereocenters. The van der Waals surface area contributed by atoms with E-state index in [9.17, 15) is 18.5 Å². The van der Waals surface area contributed by atoms with Crippen molar-refractivity contribution in [3.63, 3.8) is 0 Å². The summed E-state index contributed by atoms with van der Waals surface area (Å²) in [6.07, 6.45) is 0. The number of nitrogens with one attached hydrogen (secondary N) is 1. The number of hydrogen-bond acceptors (Lipinski definition) is 6. The Labute approximate surface area is 191 Å². The number of nitro groups is 1. The van der Waals surface area contributed by atoms with Gasteiger partial charge in [0.05, 0.1) is 15.5 Å². The molecule has 0 amide bonds. The van der Waals surface area contributed by atoms with Crippen molar-refractivity contribution in [3.8, 4) is 11.3 Å². The fourth-order valence-corrected chi connectivity index (χ4v) is 4.73. The normalized spacial score (nSPS) is 11.7. The van der Waals surface area contributed by atoms with Crippen molar-refractivity contribution >= 4 is 33.3 Å². The van der Waals surface area contributed by atoms with E-state index in [4.69, 9.17) is 11.6 Å². The Morgan fingerprint density at radius 3 is 2.31 bits per heavy atom. The van der Waals surface area contributed by atoms with Crippen LogP contribution in [0, 0.1) is 10.1 Å². The maximum Gasteiger partial charge on any atom is 0.270 e. The molecule has 0 atom stereocenters. The first-order valence-corrected chi connectivity index (χ1v) is 11.8. The third kappa shape index (κ3) is 4.89. The number of nitro benzene ring substituents is 1. The number of sulfonamides is 1. The largest absolute Gasteiger partial charge is 0.270 e. The van der Waals surface area contributed by atoms with Crippen LogP contribution in [-0.4, -0.2) is 23.3 Å². The van der Waals surface area contributed by atoms with Gasteiger partial charge in [-0.1, -0.05) is 69.6 Å². The van der Waals surface area contributed by atoms with Gasteiger partial charge in [0.15, 0.2) is 0 Å². The Morgan fingerprint density at radius 1 is 1.00 bits per heavy atom. The van der Waals surface area contributed by atoms with Crippen molar-refractivity contribution in [3.05, 3.63) is 74.9 Å². The first-order valence-electron chi connectivity index (χ1n) is 9.95. The van der Waals surface area contributed by atoms with Gasteiger partial charge in [-0.2, -0.15) is 4.98 Å². The van der Waals surface area contributed by atoms with Gasteiger partial charge < -0.3 is 0 Å². The van der Waals surface area contributed by atoms with Crippen LogP contribution in [0.4, 0.5) is 11.6 Å². The van der Waals surface area contributed by atoms with Crippen molar-refractivity contribution in [2.24, 2.45) is 0 Å². The number of halogens is 1. The molecule has 0 spiro atoms. The molecule has 168 valence electrons. The number of rotatable bonds is 7. The Morgan fingerprint density at radius 2 is 1.69 bits per heavy atom. The van der Waals surface area contributed by atoms with Crippen LogP contribution in [0.25, 0.3) is 11.3 Å². The molecule has 3 rings (SSSR count). The Kier molecular flexibility index (Phi) is 6.80. The molecule has 0 bridgehead atoms. The van der Waals surface area contributed by atoms with Crippen LogP contribution in [-0.2, 0) is 10.0 Å². The third-order valence-corrected chi connectivity index (χ3v) is 6.49. The molecule has 1 N–H and O–H groups in total. The van der Waals surface area contributed by atoms with E-state index in [1.165, 1.54) is 18.2 Å². The minimum atomic E-state index is -4.18. The molecule has 0 aliphatic rings. The highest BCUT2D eigenvalue weighted by Crippen LogP contribution is 2.37. The van der Waals surface area contributed by atoms with E-state index >= 15 is 0 Å². The summed E-state index contributed by atoms with van der Waals surface area (Å²) in [6.45, 7) is 8.03. The van der Waals surface area contributed by atoms with E-state index in [0.29, 0.717) is 11.3 Å².